The number of aryl methyl sites for hydroxylation is 1. The highest BCUT2D eigenvalue weighted by atomic mass is 35.5. The quantitative estimate of drug-likeness (QED) is 0.852. The van der Waals surface area contributed by atoms with Crippen molar-refractivity contribution in [1.29, 1.82) is 0 Å². The van der Waals surface area contributed by atoms with E-state index in [0.29, 0.717) is 12.1 Å². The van der Waals surface area contributed by atoms with E-state index < -0.39 is 0 Å². The predicted octanol–water partition coefficient (Wildman–Crippen LogP) is 4.13. The van der Waals surface area contributed by atoms with E-state index in [4.69, 9.17) is 16.3 Å². The minimum absolute atomic E-state index is 0.327. The topological polar surface area (TPSA) is 21.3 Å². The Labute approximate surface area is 127 Å². The van der Waals surface area contributed by atoms with Gasteiger partial charge in [-0.3, -0.25) is 0 Å². The maximum absolute atomic E-state index is 6.38. The smallest absolute Gasteiger partial charge is 0.0731 e. The summed E-state index contributed by atoms with van der Waals surface area (Å²) in [7, 11) is 0. The molecule has 2 unspecified atom stereocenters. The highest BCUT2D eigenvalue weighted by molar-refractivity contribution is 6.31. The first-order chi connectivity index (χ1) is 9.70. The van der Waals surface area contributed by atoms with Gasteiger partial charge in [0.2, 0.25) is 0 Å². The van der Waals surface area contributed by atoms with E-state index in [1.807, 2.05) is 0 Å². The van der Waals surface area contributed by atoms with Crippen molar-refractivity contribution in [2.24, 2.45) is 0 Å². The second-order valence-electron chi connectivity index (χ2n) is 5.76. The molecule has 0 bridgehead atoms. The fourth-order valence-electron chi connectivity index (χ4n) is 2.80. The van der Waals surface area contributed by atoms with Gasteiger partial charge in [0.25, 0.3) is 0 Å². The first-order valence-electron chi connectivity index (χ1n) is 7.80. The molecule has 2 atom stereocenters. The first-order valence-corrected chi connectivity index (χ1v) is 8.18. The Balaban J connectivity index is 2.05. The van der Waals surface area contributed by atoms with Crippen molar-refractivity contribution in [3.8, 4) is 0 Å². The summed E-state index contributed by atoms with van der Waals surface area (Å²) in [5.74, 6) is 0. The molecule has 0 aromatic heterocycles. The van der Waals surface area contributed by atoms with Crippen molar-refractivity contribution in [2.75, 3.05) is 13.2 Å². The third-order valence-corrected chi connectivity index (χ3v) is 4.32. The third kappa shape index (κ3) is 4.47. The Morgan fingerprint density at radius 1 is 1.40 bits per heavy atom. The lowest BCUT2D eigenvalue weighted by atomic mass is 9.95. The Bertz CT molecular complexity index is 415. The van der Waals surface area contributed by atoms with Crippen molar-refractivity contribution in [3.63, 3.8) is 0 Å². The largest absolute Gasteiger partial charge is 0.377 e. The maximum atomic E-state index is 6.38. The molecule has 0 spiro atoms. The second kappa shape index (κ2) is 8.02. The zero-order valence-electron chi connectivity index (χ0n) is 12.6. The van der Waals surface area contributed by atoms with Gasteiger partial charge in [0, 0.05) is 17.7 Å². The van der Waals surface area contributed by atoms with Crippen molar-refractivity contribution >= 4 is 11.6 Å². The van der Waals surface area contributed by atoms with Crippen LogP contribution in [0.2, 0.25) is 5.02 Å². The van der Waals surface area contributed by atoms with E-state index in [1.165, 1.54) is 24.0 Å². The molecule has 1 aromatic carbocycles. The maximum Gasteiger partial charge on any atom is 0.0731 e. The SMILES string of the molecule is CCCNC(Cc1ccc(C)cc1Cl)C1CCCCO1. The fraction of sp³-hybridized carbons (Fsp3) is 0.647. The summed E-state index contributed by atoms with van der Waals surface area (Å²) in [6, 6.07) is 6.71. The van der Waals surface area contributed by atoms with Crippen LogP contribution in [0.3, 0.4) is 0 Å². The van der Waals surface area contributed by atoms with Crippen molar-refractivity contribution in [1.82, 2.24) is 5.32 Å². The predicted molar refractivity (Wildman–Crippen MR) is 85.6 cm³/mol. The van der Waals surface area contributed by atoms with Crippen LogP contribution in [0, 0.1) is 6.92 Å². The van der Waals surface area contributed by atoms with Crippen molar-refractivity contribution in [3.05, 3.63) is 34.3 Å². The normalized spacial score (nSPS) is 20.9. The Kier molecular flexibility index (Phi) is 6.34. The highest BCUT2D eigenvalue weighted by Gasteiger charge is 2.24. The van der Waals surface area contributed by atoms with Gasteiger partial charge in [-0.25, -0.2) is 0 Å². The van der Waals surface area contributed by atoms with E-state index in [2.05, 4.69) is 37.4 Å². The zero-order valence-corrected chi connectivity index (χ0v) is 13.4. The summed E-state index contributed by atoms with van der Waals surface area (Å²) < 4.78 is 5.97. The van der Waals surface area contributed by atoms with E-state index in [-0.39, 0.29) is 0 Å². The molecule has 0 aliphatic carbocycles. The summed E-state index contributed by atoms with van der Waals surface area (Å²) in [6.45, 7) is 6.21. The Morgan fingerprint density at radius 2 is 2.25 bits per heavy atom. The molecule has 0 saturated carbocycles. The summed E-state index contributed by atoms with van der Waals surface area (Å²) in [5, 5.41) is 4.52. The van der Waals surface area contributed by atoms with E-state index in [9.17, 15) is 0 Å². The Hall–Kier alpha value is -0.570. The van der Waals surface area contributed by atoms with Crippen LogP contribution >= 0.6 is 11.6 Å². The van der Waals surface area contributed by atoms with Crippen LogP contribution < -0.4 is 5.32 Å². The lowest BCUT2D eigenvalue weighted by Gasteiger charge is -2.31. The van der Waals surface area contributed by atoms with Crippen LogP contribution in [-0.2, 0) is 11.2 Å². The van der Waals surface area contributed by atoms with Gasteiger partial charge in [-0.05, 0) is 62.8 Å². The molecular weight excluding hydrogens is 270 g/mol. The summed E-state index contributed by atoms with van der Waals surface area (Å²) >= 11 is 6.38. The summed E-state index contributed by atoms with van der Waals surface area (Å²) in [4.78, 5) is 0. The number of hydrogen-bond donors (Lipinski definition) is 1. The summed E-state index contributed by atoms with van der Waals surface area (Å²) in [5.41, 5.74) is 2.44. The molecule has 2 rings (SSSR count). The van der Waals surface area contributed by atoms with Gasteiger partial charge in [0.05, 0.1) is 6.10 Å². The van der Waals surface area contributed by atoms with Crippen molar-refractivity contribution < 1.29 is 4.74 Å². The number of hydrogen-bond acceptors (Lipinski definition) is 2. The van der Waals surface area contributed by atoms with E-state index in [1.54, 1.807) is 0 Å². The molecule has 1 fully saturated rings. The third-order valence-electron chi connectivity index (χ3n) is 3.97. The molecule has 3 heteroatoms. The fourth-order valence-corrected chi connectivity index (χ4v) is 3.11. The van der Waals surface area contributed by atoms with Crippen LogP contribution in [0.1, 0.15) is 43.7 Å². The van der Waals surface area contributed by atoms with E-state index in [0.717, 1.165) is 37.4 Å². The molecule has 1 N–H and O–H groups in total. The highest BCUT2D eigenvalue weighted by Crippen LogP contribution is 2.23. The van der Waals surface area contributed by atoms with Crippen LogP contribution in [0.5, 0.6) is 0 Å². The molecule has 0 radical (unpaired) electrons. The van der Waals surface area contributed by atoms with Gasteiger partial charge in [-0.15, -0.1) is 0 Å². The van der Waals surface area contributed by atoms with Gasteiger partial charge in [0.15, 0.2) is 0 Å². The van der Waals surface area contributed by atoms with Crippen LogP contribution in [0.4, 0.5) is 0 Å². The first kappa shape index (κ1) is 15.8. The second-order valence-corrected chi connectivity index (χ2v) is 6.17. The molecule has 1 aromatic rings. The van der Waals surface area contributed by atoms with Gasteiger partial charge in [-0.1, -0.05) is 30.7 Å². The average Bonchev–Trinajstić information content (AvgIpc) is 2.46. The van der Waals surface area contributed by atoms with Gasteiger partial charge >= 0.3 is 0 Å². The molecule has 20 heavy (non-hydrogen) atoms. The van der Waals surface area contributed by atoms with Crippen LogP contribution in [-0.4, -0.2) is 25.3 Å². The zero-order chi connectivity index (χ0) is 14.4. The lowest BCUT2D eigenvalue weighted by Crippen LogP contribution is -2.44. The molecule has 1 aliphatic heterocycles. The summed E-state index contributed by atoms with van der Waals surface area (Å²) in [6.07, 6.45) is 6.05. The minimum atomic E-state index is 0.327. The number of nitrogens with one attached hydrogen (secondary N) is 1. The van der Waals surface area contributed by atoms with Crippen molar-refractivity contribution in [2.45, 2.75) is 58.1 Å². The van der Waals surface area contributed by atoms with Gasteiger partial charge in [0.1, 0.15) is 0 Å². The average molecular weight is 296 g/mol. The standard InChI is InChI=1S/C17H26ClNO/c1-3-9-19-16(17-6-4-5-10-20-17)12-14-8-7-13(2)11-15(14)18/h7-8,11,16-17,19H,3-6,9-10,12H2,1-2H3. The van der Waals surface area contributed by atoms with Gasteiger partial charge < -0.3 is 10.1 Å². The van der Waals surface area contributed by atoms with Crippen LogP contribution in [0.25, 0.3) is 0 Å². The van der Waals surface area contributed by atoms with E-state index >= 15 is 0 Å². The number of benzene rings is 1. The Morgan fingerprint density at radius 3 is 2.90 bits per heavy atom. The molecule has 2 nitrogen and oxygen atoms in total. The molecule has 1 aliphatic rings. The molecule has 112 valence electrons. The van der Waals surface area contributed by atoms with Gasteiger partial charge in [-0.2, -0.15) is 0 Å². The minimum Gasteiger partial charge on any atom is -0.377 e. The molecular formula is C17H26ClNO. The number of ether oxygens (including phenoxy) is 1. The lowest BCUT2D eigenvalue weighted by molar-refractivity contribution is -0.00737. The number of rotatable bonds is 6. The van der Waals surface area contributed by atoms with Crippen LogP contribution in [0.15, 0.2) is 18.2 Å². The molecule has 1 heterocycles. The monoisotopic (exact) mass is 295 g/mol. The molecule has 0 amide bonds. The molecule has 1 saturated heterocycles. The number of halogens is 1.